The molecule has 6 nitrogen and oxygen atoms in total. The second-order valence-electron chi connectivity index (χ2n) is 5.27. The summed E-state index contributed by atoms with van der Waals surface area (Å²) in [6.45, 7) is 0. The number of amides is 2. The Bertz CT molecular complexity index is 913. The summed E-state index contributed by atoms with van der Waals surface area (Å²) in [6.07, 6.45) is 2.05. The largest absolute Gasteiger partial charge is 0.352 e. The fourth-order valence-corrected chi connectivity index (χ4v) is 4.60. The minimum atomic E-state index is -4.24. The molecule has 2 amide bonds. The molecular weight excluding hydrogens is 385 g/mol. The Morgan fingerprint density at radius 3 is 2.36 bits per heavy atom. The Labute approximate surface area is 155 Å². The first kappa shape index (κ1) is 17.7. The summed E-state index contributed by atoms with van der Waals surface area (Å²) in [5.41, 5.74) is 0.850. The number of carbonyl (C=O) groups excluding carboxylic acids is 1. The average Bonchev–Trinajstić information content (AvgIpc) is 3.04. The Kier molecular flexibility index (Phi) is 4.99. The second-order valence-corrected chi connectivity index (χ2v) is 7.70. The van der Waals surface area contributed by atoms with Crippen molar-refractivity contribution in [1.82, 2.24) is 9.73 Å². The number of hydrogen-bond acceptors (Lipinski definition) is 4. The van der Waals surface area contributed by atoms with Gasteiger partial charge in [-0.2, -0.15) is 5.10 Å². The van der Waals surface area contributed by atoms with Crippen molar-refractivity contribution in [1.29, 1.82) is 0 Å². The molecule has 9 heteroatoms. The van der Waals surface area contributed by atoms with Crippen LogP contribution in [0, 0.1) is 0 Å². The van der Waals surface area contributed by atoms with Crippen molar-refractivity contribution >= 4 is 45.5 Å². The normalized spacial score (nSPS) is 16.9. The molecule has 0 fully saturated rings. The van der Waals surface area contributed by atoms with E-state index in [4.69, 9.17) is 23.2 Å². The number of urea groups is 1. The predicted octanol–water partition coefficient (Wildman–Crippen LogP) is 3.82. The Morgan fingerprint density at radius 1 is 1.08 bits per heavy atom. The topological polar surface area (TPSA) is 78.8 Å². The van der Waals surface area contributed by atoms with Crippen LogP contribution in [0.1, 0.15) is 18.0 Å². The van der Waals surface area contributed by atoms with Crippen molar-refractivity contribution in [3.63, 3.8) is 0 Å². The van der Waals surface area contributed by atoms with Gasteiger partial charge < -0.3 is 0 Å². The Balaban J connectivity index is 1.85. The third-order valence-corrected chi connectivity index (χ3v) is 5.91. The number of benzene rings is 2. The van der Waals surface area contributed by atoms with Crippen LogP contribution in [0.4, 0.5) is 4.79 Å². The van der Waals surface area contributed by atoms with Gasteiger partial charge in [0, 0.05) is 12.6 Å². The molecular formula is C16H13Cl2N3O3S. The van der Waals surface area contributed by atoms with Crippen molar-refractivity contribution in [3.8, 4) is 0 Å². The van der Waals surface area contributed by atoms with E-state index in [0.29, 0.717) is 6.42 Å². The zero-order valence-corrected chi connectivity index (χ0v) is 15.1. The molecule has 0 spiro atoms. The van der Waals surface area contributed by atoms with Crippen LogP contribution < -0.4 is 4.72 Å². The van der Waals surface area contributed by atoms with Gasteiger partial charge in [-0.15, -0.1) is 0 Å². The molecule has 0 aromatic heterocycles. The summed E-state index contributed by atoms with van der Waals surface area (Å²) in [4.78, 5) is 12.1. The summed E-state index contributed by atoms with van der Waals surface area (Å²) in [6, 6.07) is 12.2. The van der Waals surface area contributed by atoms with Crippen LogP contribution in [0.5, 0.6) is 0 Å². The molecule has 25 heavy (non-hydrogen) atoms. The van der Waals surface area contributed by atoms with E-state index in [9.17, 15) is 13.2 Å². The SMILES string of the molecule is O=C(NS(=O)(=O)c1c(Cl)cccc1Cl)N1N=CCC1c1ccccc1. The van der Waals surface area contributed by atoms with Gasteiger partial charge in [-0.05, 0) is 17.7 Å². The number of nitrogens with one attached hydrogen (secondary N) is 1. The number of hydrogen-bond donors (Lipinski definition) is 1. The second kappa shape index (κ2) is 7.03. The fraction of sp³-hybridized carbons (Fsp3) is 0.125. The van der Waals surface area contributed by atoms with E-state index in [1.807, 2.05) is 35.1 Å². The van der Waals surface area contributed by atoms with Crippen LogP contribution in [-0.2, 0) is 10.0 Å². The van der Waals surface area contributed by atoms with Crippen molar-refractivity contribution in [2.45, 2.75) is 17.4 Å². The highest BCUT2D eigenvalue weighted by Crippen LogP contribution is 2.31. The molecule has 1 heterocycles. The summed E-state index contributed by atoms with van der Waals surface area (Å²) in [5, 5.41) is 4.93. The maximum atomic E-state index is 12.5. The van der Waals surface area contributed by atoms with E-state index in [1.165, 1.54) is 18.2 Å². The molecule has 130 valence electrons. The van der Waals surface area contributed by atoms with Gasteiger partial charge >= 0.3 is 6.03 Å². The minimum Gasteiger partial charge on any atom is -0.245 e. The molecule has 1 N–H and O–H groups in total. The van der Waals surface area contributed by atoms with Crippen LogP contribution in [0.25, 0.3) is 0 Å². The zero-order chi connectivity index (χ0) is 18.0. The zero-order valence-electron chi connectivity index (χ0n) is 12.8. The molecule has 0 bridgehead atoms. The molecule has 0 aliphatic carbocycles. The number of carbonyl (C=O) groups is 1. The lowest BCUT2D eigenvalue weighted by Crippen LogP contribution is -2.40. The average molecular weight is 398 g/mol. The summed E-state index contributed by atoms with van der Waals surface area (Å²) in [7, 11) is -4.24. The number of halogens is 2. The van der Waals surface area contributed by atoms with Gasteiger partial charge in [-0.25, -0.2) is 22.9 Å². The van der Waals surface area contributed by atoms with Crippen molar-refractivity contribution in [2.75, 3.05) is 0 Å². The van der Waals surface area contributed by atoms with E-state index in [2.05, 4.69) is 5.10 Å². The lowest BCUT2D eigenvalue weighted by Gasteiger charge is -2.22. The van der Waals surface area contributed by atoms with Crippen molar-refractivity contribution in [2.24, 2.45) is 5.10 Å². The molecule has 2 aromatic rings. The Hall–Kier alpha value is -2.09. The predicted molar refractivity (Wildman–Crippen MR) is 96.3 cm³/mol. The van der Waals surface area contributed by atoms with Crippen molar-refractivity contribution < 1.29 is 13.2 Å². The van der Waals surface area contributed by atoms with Gasteiger partial charge in [0.25, 0.3) is 10.0 Å². The smallest absolute Gasteiger partial charge is 0.245 e. The first-order chi connectivity index (χ1) is 11.9. The standard InChI is InChI=1S/C16H13Cl2N3O3S/c17-12-7-4-8-13(18)15(12)25(23,24)20-16(22)21-14(9-10-19-21)11-5-2-1-3-6-11/h1-8,10,14H,9H2,(H,20,22). The lowest BCUT2D eigenvalue weighted by molar-refractivity contribution is 0.192. The van der Waals surface area contributed by atoms with Gasteiger partial charge in [-0.1, -0.05) is 59.6 Å². The molecule has 3 rings (SSSR count). The number of rotatable bonds is 3. The van der Waals surface area contributed by atoms with Gasteiger partial charge in [-0.3, -0.25) is 0 Å². The van der Waals surface area contributed by atoms with Gasteiger partial charge in [0.2, 0.25) is 0 Å². The minimum absolute atomic E-state index is 0.0719. The molecule has 1 aliphatic rings. The lowest BCUT2D eigenvalue weighted by atomic mass is 10.1. The van der Waals surface area contributed by atoms with Gasteiger partial charge in [0.15, 0.2) is 0 Å². The van der Waals surface area contributed by atoms with Crippen LogP contribution in [-0.4, -0.2) is 25.7 Å². The molecule has 1 unspecified atom stereocenters. The van der Waals surface area contributed by atoms with Crippen molar-refractivity contribution in [3.05, 3.63) is 64.1 Å². The number of hydrazone groups is 1. The highest BCUT2D eigenvalue weighted by molar-refractivity contribution is 7.90. The van der Waals surface area contributed by atoms with Gasteiger partial charge in [0.1, 0.15) is 4.90 Å². The molecule has 0 saturated carbocycles. The monoisotopic (exact) mass is 397 g/mol. The van der Waals surface area contributed by atoms with E-state index in [1.54, 1.807) is 6.21 Å². The maximum absolute atomic E-state index is 12.5. The third kappa shape index (κ3) is 3.63. The van der Waals surface area contributed by atoms with Crippen LogP contribution in [0.15, 0.2) is 58.5 Å². The number of nitrogens with zero attached hydrogens (tertiary/aromatic N) is 2. The van der Waals surface area contributed by atoms with E-state index in [0.717, 1.165) is 10.6 Å². The third-order valence-electron chi connectivity index (χ3n) is 3.63. The van der Waals surface area contributed by atoms with Crippen LogP contribution in [0.3, 0.4) is 0 Å². The highest BCUT2D eigenvalue weighted by Gasteiger charge is 2.32. The van der Waals surface area contributed by atoms with E-state index < -0.39 is 16.1 Å². The van der Waals surface area contributed by atoms with E-state index >= 15 is 0 Å². The van der Waals surface area contributed by atoms with Gasteiger partial charge in [0.05, 0.1) is 16.1 Å². The summed E-state index contributed by atoms with van der Waals surface area (Å²) < 4.78 is 27.0. The highest BCUT2D eigenvalue weighted by atomic mass is 35.5. The fourth-order valence-electron chi connectivity index (χ4n) is 2.51. The first-order valence-corrected chi connectivity index (χ1v) is 9.51. The van der Waals surface area contributed by atoms with E-state index in [-0.39, 0.29) is 21.0 Å². The van der Waals surface area contributed by atoms with Crippen LogP contribution >= 0.6 is 23.2 Å². The molecule has 0 radical (unpaired) electrons. The Morgan fingerprint density at radius 2 is 1.72 bits per heavy atom. The summed E-state index contributed by atoms with van der Waals surface area (Å²) in [5.74, 6) is 0. The first-order valence-electron chi connectivity index (χ1n) is 7.27. The molecule has 0 saturated heterocycles. The molecule has 1 atom stereocenters. The summed E-state index contributed by atoms with van der Waals surface area (Å²) >= 11 is 11.8. The molecule has 2 aromatic carbocycles. The van der Waals surface area contributed by atoms with Crippen LogP contribution in [0.2, 0.25) is 10.0 Å². The molecule has 1 aliphatic heterocycles. The quantitative estimate of drug-likeness (QED) is 0.854. The number of sulfonamides is 1. The maximum Gasteiger partial charge on any atom is 0.352 e.